The first-order valence-electron chi connectivity index (χ1n) is 8.69. The van der Waals surface area contributed by atoms with Crippen LogP contribution in [0.1, 0.15) is 25.0 Å². The van der Waals surface area contributed by atoms with Gasteiger partial charge < -0.3 is 5.32 Å². The minimum atomic E-state index is -3.89. The highest BCUT2D eigenvalue weighted by Gasteiger charge is 2.31. The zero-order chi connectivity index (χ0) is 21.1. The number of para-hydroxylation sites is 1. The number of non-ortho nitro benzene ring substituents is 1. The number of sulfonamides is 1. The number of carbonyl (C=O) groups is 1. The van der Waals surface area contributed by atoms with Crippen molar-refractivity contribution in [2.75, 3.05) is 15.9 Å². The second kappa shape index (κ2) is 8.39. The molecule has 1 N–H and O–H groups in total. The lowest BCUT2D eigenvalue weighted by Gasteiger charge is -2.29. The summed E-state index contributed by atoms with van der Waals surface area (Å²) >= 11 is 0. The van der Waals surface area contributed by atoms with E-state index >= 15 is 0 Å². The first-order chi connectivity index (χ1) is 13.1. The number of rotatable bonds is 7. The number of nitrogens with zero attached hydrogens (tertiary/aromatic N) is 2. The molecule has 1 atom stereocenters. The molecule has 0 saturated heterocycles. The van der Waals surface area contributed by atoms with Gasteiger partial charge in [-0.3, -0.25) is 19.2 Å². The summed E-state index contributed by atoms with van der Waals surface area (Å²) in [6.45, 7) is 5.03. The van der Waals surface area contributed by atoms with E-state index in [0.29, 0.717) is 17.7 Å². The van der Waals surface area contributed by atoms with Crippen LogP contribution in [0.3, 0.4) is 0 Å². The summed E-state index contributed by atoms with van der Waals surface area (Å²) in [5.41, 5.74) is 1.87. The van der Waals surface area contributed by atoms with Gasteiger partial charge in [0.25, 0.3) is 5.69 Å². The summed E-state index contributed by atoms with van der Waals surface area (Å²) in [6, 6.07) is 10.1. The molecule has 0 heterocycles. The van der Waals surface area contributed by atoms with Crippen LogP contribution in [0.5, 0.6) is 0 Å². The van der Waals surface area contributed by atoms with Gasteiger partial charge >= 0.3 is 0 Å². The van der Waals surface area contributed by atoms with Crippen LogP contribution in [0.15, 0.2) is 42.5 Å². The Hall–Kier alpha value is -2.94. The van der Waals surface area contributed by atoms with Gasteiger partial charge in [-0.1, -0.05) is 31.2 Å². The van der Waals surface area contributed by atoms with Crippen molar-refractivity contribution in [3.63, 3.8) is 0 Å². The van der Waals surface area contributed by atoms with E-state index in [0.717, 1.165) is 16.1 Å². The Balaban J connectivity index is 2.45. The van der Waals surface area contributed by atoms with Gasteiger partial charge in [-0.15, -0.1) is 0 Å². The third kappa shape index (κ3) is 4.66. The highest BCUT2D eigenvalue weighted by Crippen LogP contribution is 2.29. The van der Waals surface area contributed by atoms with Gasteiger partial charge in [0, 0.05) is 17.8 Å². The van der Waals surface area contributed by atoms with Gasteiger partial charge in [0.05, 0.1) is 16.9 Å². The molecule has 0 radical (unpaired) electrons. The van der Waals surface area contributed by atoms with Crippen LogP contribution in [0.4, 0.5) is 17.1 Å². The molecule has 0 spiro atoms. The van der Waals surface area contributed by atoms with Crippen LogP contribution in [0.25, 0.3) is 0 Å². The van der Waals surface area contributed by atoms with Gasteiger partial charge in [-0.05, 0) is 37.5 Å². The van der Waals surface area contributed by atoms with Crippen molar-refractivity contribution in [2.45, 2.75) is 33.2 Å². The number of carbonyl (C=O) groups excluding carboxylic acids is 1. The standard InChI is InChI=1S/C19H23N3O5S/c1-5-15-8-6-7-9-17(15)20-19(23)14(3)21(28(4,26)27)18-12-16(22(24)25)11-10-13(18)2/h6-12,14H,5H2,1-4H3,(H,20,23). The fraction of sp³-hybridized carbons (Fsp3) is 0.316. The molecule has 0 fully saturated rings. The summed E-state index contributed by atoms with van der Waals surface area (Å²) in [5, 5.41) is 13.9. The lowest BCUT2D eigenvalue weighted by Crippen LogP contribution is -2.45. The van der Waals surface area contributed by atoms with Crippen molar-refractivity contribution < 1.29 is 18.1 Å². The first kappa shape index (κ1) is 21.4. The average molecular weight is 405 g/mol. The molecule has 1 amide bonds. The smallest absolute Gasteiger partial charge is 0.271 e. The molecule has 0 aromatic heterocycles. The topological polar surface area (TPSA) is 110 Å². The highest BCUT2D eigenvalue weighted by molar-refractivity contribution is 7.92. The van der Waals surface area contributed by atoms with Gasteiger partial charge in [0.15, 0.2) is 0 Å². The summed E-state index contributed by atoms with van der Waals surface area (Å²) in [5.74, 6) is -0.530. The van der Waals surface area contributed by atoms with E-state index in [4.69, 9.17) is 0 Å². The maximum Gasteiger partial charge on any atom is 0.271 e. The van der Waals surface area contributed by atoms with Crippen molar-refractivity contribution in [1.29, 1.82) is 0 Å². The molecule has 0 bridgehead atoms. The number of anilines is 2. The Labute approximate surface area is 164 Å². The molecule has 0 saturated carbocycles. The molecule has 150 valence electrons. The van der Waals surface area contributed by atoms with Crippen LogP contribution in [-0.2, 0) is 21.2 Å². The maximum atomic E-state index is 12.8. The predicted octanol–water partition coefficient (Wildman–Crippen LogP) is 3.26. The van der Waals surface area contributed by atoms with Crippen molar-refractivity contribution in [2.24, 2.45) is 0 Å². The fourth-order valence-corrected chi connectivity index (χ4v) is 4.14. The number of nitrogens with one attached hydrogen (secondary N) is 1. The number of amides is 1. The Morgan fingerprint density at radius 1 is 1.25 bits per heavy atom. The lowest BCUT2D eigenvalue weighted by molar-refractivity contribution is -0.384. The molecular formula is C19H23N3O5S. The summed E-state index contributed by atoms with van der Waals surface area (Å²) in [4.78, 5) is 23.3. The Morgan fingerprint density at radius 2 is 1.89 bits per heavy atom. The maximum absolute atomic E-state index is 12.8. The summed E-state index contributed by atoms with van der Waals surface area (Å²) < 4.78 is 25.8. The van der Waals surface area contributed by atoms with Crippen LogP contribution in [0, 0.1) is 17.0 Å². The van der Waals surface area contributed by atoms with Gasteiger partial charge in [-0.2, -0.15) is 0 Å². The normalized spacial score (nSPS) is 12.3. The van der Waals surface area contributed by atoms with Gasteiger partial charge in [-0.25, -0.2) is 8.42 Å². The van der Waals surface area contributed by atoms with E-state index in [2.05, 4.69) is 5.32 Å². The Bertz CT molecular complexity index is 1000. The van der Waals surface area contributed by atoms with Crippen molar-refractivity contribution in [3.8, 4) is 0 Å². The van der Waals surface area contributed by atoms with E-state index in [-0.39, 0.29) is 11.4 Å². The van der Waals surface area contributed by atoms with Crippen LogP contribution >= 0.6 is 0 Å². The number of benzene rings is 2. The van der Waals surface area contributed by atoms with Gasteiger partial charge in [0.1, 0.15) is 6.04 Å². The minimum Gasteiger partial charge on any atom is -0.324 e. The Kier molecular flexibility index (Phi) is 6.40. The van der Waals surface area contributed by atoms with E-state index in [1.54, 1.807) is 19.1 Å². The van der Waals surface area contributed by atoms with Crippen molar-refractivity contribution >= 4 is 33.0 Å². The fourth-order valence-electron chi connectivity index (χ4n) is 2.92. The van der Waals surface area contributed by atoms with Crippen LogP contribution < -0.4 is 9.62 Å². The number of hydrogen-bond donors (Lipinski definition) is 1. The minimum absolute atomic E-state index is 0.100. The zero-order valence-electron chi connectivity index (χ0n) is 16.2. The lowest BCUT2D eigenvalue weighted by atomic mass is 10.1. The molecule has 9 heteroatoms. The number of nitro benzene ring substituents is 1. The van der Waals surface area contributed by atoms with E-state index in [1.165, 1.54) is 25.1 Å². The predicted molar refractivity (Wildman–Crippen MR) is 109 cm³/mol. The zero-order valence-corrected chi connectivity index (χ0v) is 17.0. The number of hydrogen-bond acceptors (Lipinski definition) is 5. The third-order valence-corrected chi connectivity index (χ3v) is 5.61. The molecule has 8 nitrogen and oxygen atoms in total. The largest absolute Gasteiger partial charge is 0.324 e. The molecular weight excluding hydrogens is 382 g/mol. The average Bonchev–Trinajstić information content (AvgIpc) is 2.62. The van der Waals surface area contributed by atoms with E-state index < -0.39 is 26.9 Å². The monoisotopic (exact) mass is 405 g/mol. The molecule has 0 aliphatic heterocycles. The first-order valence-corrected chi connectivity index (χ1v) is 10.5. The van der Waals surface area contributed by atoms with Crippen molar-refractivity contribution in [1.82, 2.24) is 0 Å². The molecule has 2 rings (SSSR count). The van der Waals surface area contributed by atoms with Crippen LogP contribution in [-0.4, -0.2) is 31.5 Å². The SMILES string of the molecule is CCc1ccccc1NC(=O)C(C)N(c1cc([N+](=O)[O-])ccc1C)S(C)(=O)=O. The van der Waals surface area contributed by atoms with E-state index in [1.807, 2.05) is 19.1 Å². The molecule has 2 aromatic rings. The summed E-state index contributed by atoms with van der Waals surface area (Å²) in [7, 11) is -3.89. The van der Waals surface area contributed by atoms with Crippen molar-refractivity contribution in [3.05, 3.63) is 63.7 Å². The quantitative estimate of drug-likeness (QED) is 0.562. The molecule has 0 aliphatic carbocycles. The molecule has 0 aliphatic rings. The van der Waals surface area contributed by atoms with Crippen LogP contribution in [0.2, 0.25) is 0 Å². The molecule has 2 aromatic carbocycles. The van der Waals surface area contributed by atoms with E-state index in [9.17, 15) is 23.3 Å². The second-order valence-corrected chi connectivity index (χ2v) is 8.32. The second-order valence-electron chi connectivity index (χ2n) is 6.46. The van der Waals surface area contributed by atoms with Gasteiger partial charge in [0.2, 0.25) is 15.9 Å². The highest BCUT2D eigenvalue weighted by atomic mass is 32.2. The molecule has 28 heavy (non-hydrogen) atoms. The third-order valence-electron chi connectivity index (χ3n) is 4.39. The Morgan fingerprint density at radius 3 is 2.46 bits per heavy atom. The summed E-state index contributed by atoms with van der Waals surface area (Å²) in [6.07, 6.45) is 1.67. The molecule has 1 unspecified atom stereocenters. The number of nitro groups is 1. The number of aryl methyl sites for hydroxylation is 2.